The maximum atomic E-state index is 13.0. The summed E-state index contributed by atoms with van der Waals surface area (Å²) in [7, 11) is -7.31. The van der Waals surface area contributed by atoms with Crippen LogP contribution < -0.4 is 4.31 Å². The molecule has 0 radical (unpaired) electrons. The Labute approximate surface area is 148 Å². The molecule has 2 aliphatic rings. The van der Waals surface area contributed by atoms with E-state index in [9.17, 15) is 21.6 Å². The summed E-state index contributed by atoms with van der Waals surface area (Å²) in [5, 5.41) is 0. The van der Waals surface area contributed by atoms with Gasteiger partial charge in [-0.15, -0.1) is 0 Å². The molecule has 2 atom stereocenters. The Morgan fingerprint density at radius 1 is 1.04 bits per heavy atom. The highest BCUT2D eigenvalue weighted by Crippen LogP contribution is 2.31. The second kappa shape index (κ2) is 6.37. The van der Waals surface area contributed by atoms with Crippen LogP contribution in [0.3, 0.4) is 0 Å². The second-order valence-corrected chi connectivity index (χ2v) is 10.5. The normalized spacial score (nSPS) is 27.6. The number of carbonyl (C=O) groups is 1. The summed E-state index contributed by atoms with van der Waals surface area (Å²) in [6, 6.07) is 5.36. The molecule has 25 heavy (non-hydrogen) atoms. The van der Waals surface area contributed by atoms with Crippen LogP contribution in [-0.2, 0) is 24.8 Å². The van der Waals surface area contributed by atoms with Crippen molar-refractivity contribution < 1.29 is 21.6 Å². The van der Waals surface area contributed by atoms with Crippen LogP contribution in [0.1, 0.15) is 39.5 Å². The number of carbonyl (C=O) groups excluding carboxylic acids is 1. The lowest BCUT2D eigenvalue weighted by atomic mass is 10.0. The molecule has 0 saturated carbocycles. The molecule has 1 aromatic carbocycles. The van der Waals surface area contributed by atoms with Crippen LogP contribution in [0.4, 0.5) is 5.69 Å². The largest absolute Gasteiger partial charge is 0.273 e. The van der Waals surface area contributed by atoms with Crippen molar-refractivity contribution in [1.82, 2.24) is 4.31 Å². The minimum atomic E-state index is -3.66. The fourth-order valence-electron chi connectivity index (χ4n) is 3.62. The van der Waals surface area contributed by atoms with E-state index in [1.54, 1.807) is 0 Å². The van der Waals surface area contributed by atoms with Gasteiger partial charge in [-0.25, -0.2) is 21.1 Å². The average Bonchev–Trinajstić information content (AvgIpc) is 2.80. The van der Waals surface area contributed by atoms with Crippen molar-refractivity contribution >= 4 is 31.6 Å². The Morgan fingerprint density at radius 3 is 2.08 bits per heavy atom. The Kier molecular flexibility index (Phi) is 4.67. The summed E-state index contributed by atoms with van der Waals surface area (Å²) in [5.41, 5.74) is 0.182. The van der Waals surface area contributed by atoms with Crippen LogP contribution in [-0.4, -0.2) is 44.9 Å². The lowest BCUT2D eigenvalue weighted by Gasteiger charge is -2.37. The number of anilines is 1. The van der Waals surface area contributed by atoms with E-state index in [0.717, 1.165) is 23.6 Å². The second-order valence-electron chi connectivity index (χ2n) is 6.68. The van der Waals surface area contributed by atoms with Crippen LogP contribution in [0.5, 0.6) is 0 Å². The lowest BCUT2D eigenvalue weighted by molar-refractivity contribution is -0.116. The minimum absolute atomic E-state index is 0.0504. The SMILES string of the molecule is C[C@@H]1CCC[C@@H](C)N1S(=O)(=O)c1ccc(N2C(=O)CCS2(=O)=O)cc1. The first-order valence-electron chi connectivity index (χ1n) is 8.34. The number of rotatable bonds is 3. The van der Waals surface area contributed by atoms with Crippen molar-refractivity contribution in [1.29, 1.82) is 0 Å². The molecule has 9 heteroatoms. The highest BCUT2D eigenvalue weighted by molar-refractivity contribution is 7.94. The predicted octanol–water partition coefficient (Wildman–Crippen LogP) is 1.70. The third-order valence-corrected chi connectivity index (χ3v) is 8.67. The van der Waals surface area contributed by atoms with Gasteiger partial charge in [-0.05, 0) is 51.0 Å². The number of hydrogen-bond acceptors (Lipinski definition) is 5. The molecule has 138 valence electrons. The third kappa shape index (κ3) is 3.20. The van der Waals surface area contributed by atoms with E-state index in [1.807, 2.05) is 13.8 Å². The highest BCUT2D eigenvalue weighted by atomic mass is 32.2. The molecular formula is C16H22N2O5S2. The first-order valence-corrected chi connectivity index (χ1v) is 11.4. The molecule has 0 aromatic heterocycles. The zero-order chi connectivity index (χ0) is 18.4. The van der Waals surface area contributed by atoms with Crippen molar-refractivity contribution in [2.24, 2.45) is 0 Å². The smallest absolute Gasteiger partial charge is 0.243 e. The van der Waals surface area contributed by atoms with Gasteiger partial charge < -0.3 is 0 Å². The van der Waals surface area contributed by atoms with Gasteiger partial charge >= 0.3 is 0 Å². The quantitative estimate of drug-likeness (QED) is 0.788. The maximum absolute atomic E-state index is 13.0. The topological polar surface area (TPSA) is 91.8 Å². The van der Waals surface area contributed by atoms with E-state index in [-0.39, 0.29) is 34.8 Å². The Bertz CT molecular complexity index is 868. The first kappa shape index (κ1) is 18.3. The molecule has 2 heterocycles. The van der Waals surface area contributed by atoms with E-state index >= 15 is 0 Å². The van der Waals surface area contributed by atoms with Crippen LogP contribution in [0, 0.1) is 0 Å². The summed E-state index contributed by atoms with van der Waals surface area (Å²) in [5.74, 6) is -0.705. The van der Waals surface area contributed by atoms with E-state index < -0.39 is 26.0 Å². The van der Waals surface area contributed by atoms with Crippen molar-refractivity contribution in [3.8, 4) is 0 Å². The van der Waals surface area contributed by atoms with Crippen molar-refractivity contribution in [2.45, 2.75) is 56.5 Å². The molecule has 0 spiro atoms. The number of sulfonamides is 2. The van der Waals surface area contributed by atoms with Gasteiger partial charge in [0.05, 0.1) is 16.3 Å². The van der Waals surface area contributed by atoms with Crippen LogP contribution in [0.15, 0.2) is 29.2 Å². The molecular weight excluding hydrogens is 364 g/mol. The Balaban J connectivity index is 1.93. The van der Waals surface area contributed by atoms with E-state index in [4.69, 9.17) is 0 Å². The van der Waals surface area contributed by atoms with Crippen molar-refractivity contribution in [3.63, 3.8) is 0 Å². The van der Waals surface area contributed by atoms with E-state index in [1.165, 1.54) is 28.6 Å². The van der Waals surface area contributed by atoms with Gasteiger partial charge in [-0.2, -0.15) is 4.31 Å². The number of hydrogen-bond donors (Lipinski definition) is 0. The zero-order valence-electron chi connectivity index (χ0n) is 14.3. The summed E-state index contributed by atoms with van der Waals surface area (Å²) in [4.78, 5) is 11.9. The molecule has 2 fully saturated rings. The zero-order valence-corrected chi connectivity index (χ0v) is 15.9. The monoisotopic (exact) mass is 386 g/mol. The number of nitrogens with zero attached hydrogens (tertiary/aromatic N) is 2. The Hall–Kier alpha value is -1.45. The van der Waals surface area contributed by atoms with Gasteiger partial charge in [0.25, 0.3) is 0 Å². The van der Waals surface area contributed by atoms with E-state index in [0.29, 0.717) is 0 Å². The summed E-state index contributed by atoms with van der Waals surface area (Å²) in [6.07, 6.45) is 2.60. The molecule has 2 saturated heterocycles. The number of piperidine rings is 1. The highest BCUT2D eigenvalue weighted by Gasteiger charge is 2.38. The fourth-order valence-corrected chi connectivity index (χ4v) is 6.96. The minimum Gasteiger partial charge on any atom is -0.273 e. The molecule has 3 rings (SSSR count). The van der Waals surface area contributed by atoms with Gasteiger partial charge in [0, 0.05) is 18.5 Å². The van der Waals surface area contributed by atoms with E-state index in [2.05, 4.69) is 0 Å². The maximum Gasteiger partial charge on any atom is 0.243 e. The van der Waals surface area contributed by atoms with Crippen molar-refractivity contribution in [2.75, 3.05) is 10.1 Å². The van der Waals surface area contributed by atoms with Gasteiger partial charge in [0.1, 0.15) is 0 Å². The van der Waals surface area contributed by atoms with Crippen LogP contribution in [0.2, 0.25) is 0 Å². The molecule has 2 aliphatic heterocycles. The first-order chi connectivity index (χ1) is 11.6. The molecule has 0 bridgehead atoms. The average molecular weight is 386 g/mol. The third-order valence-electron chi connectivity index (χ3n) is 4.84. The van der Waals surface area contributed by atoms with Gasteiger partial charge in [-0.3, -0.25) is 4.79 Å². The van der Waals surface area contributed by atoms with Gasteiger partial charge in [0.15, 0.2) is 0 Å². The summed E-state index contributed by atoms with van der Waals surface area (Å²) >= 11 is 0. The van der Waals surface area contributed by atoms with Gasteiger partial charge in [0.2, 0.25) is 26.0 Å². The molecule has 0 N–H and O–H groups in total. The summed E-state index contributed by atoms with van der Waals surface area (Å²) in [6.45, 7) is 3.80. The lowest BCUT2D eigenvalue weighted by Crippen LogP contribution is -2.47. The molecule has 0 aliphatic carbocycles. The number of benzene rings is 1. The van der Waals surface area contributed by atoms with Crippen molar-refractivity contribution in [3.05, 3.63) is 24.3 Å². The summed E-state index contributed by atoms with van der Waals surface area (Å²) < 4.78 is 52.1. The molecule has 1 amide bonds. The standard InChI is InChI=1S/C16H22N2O5S2/c1-12-4-3-5-13(2)17(12)25(22,23)15-8-6-14(7-9-15)18-16(19)10-11-24(18,20)21/h6-9,12-13H,3-5,10-11H2,1-2H3/t12-,13-/m1/s1. The van der Waals surface area contributed by atoms with Gasteiger partial charge in [-0.1, -0.05) is 6.42 Å². The van der Waals surface area contributed by atoms with Crippen LogP contribution in [0.25, 0.3) is 0 Å². The Morgan fingerprint density at radius 2 is 1.60 bits per heavy atom. The molecule has 1 aromatic rings. The molecule has 0 unspecified atom stereocenters. The van der Waals surface area contributed by atoms with Crippen LogP contribution >= 0.6 is 0 Å². The molecule has 7 nitrogen and oxygen atoms in total. The predicted molar refractivity (Wildman–Crippen MR) is 94.1 cm³/mol. The number of amides is 1. The fraction of sp³-hybridized carbons (Fsp3) is 0.562.